The highest BCUT2D eigenvalue weighted by atomic mass is 16.5. The van der Waals surface area contributed by atoms with Gasteiger partial charge >= 0.3 is 0 Å². The zero-order valence-electron chi connectivity index (χ0n) is 11.3. The van der Waals surface area contributed by atoms with E-state index in [0.29, 0.717) is 23.3 Å². The molecule has 1 aliphatic carbocycles. The van der Waals surface area contributed by atoms with Crippen molar-refractivity contribution in [1.82, 2.24) is 19.4 Å². The van der Waals surface area contributed by atoms with Crippen LogP contribution in [0.4, 0.5) is 5.82 Å². The lowest BCUT2D eigenvalue weighted by Gasteiger charge is -2.03. The molecule has 19 heavy (non-hydrogen) atoms. The Kier molecular flexibility index (Phi) is 2.44. The van der Waals surface area contributed by atoms with Crippen LogP contribution in [-0.2, 0) is 7.05 Å². The first-order valence-electron chi connectivity index (χ1n) is 6.25. The van der Waals surface area contributed by atoms with Gasteiger partial charge in [0.25, 0.3) is 0 Å². The second-order valence-corrected chi connectivity index (χ2v) is 4.94. The summed E-state index contributed by atoms with van der Waals surface area (Å²) in [5.74, 6) is 8.37. The van der Waals surface area contributed by atoms with Crippen molar-refractivity contribution in [3.8, 4) is 17.1 Å². The number of nitrogens with two attached hydrogens (primary N) is 2. The first-order valence-corrected chi connectivity index (χ1v) is 6.25. The number of hydrogen-bond donors (Lipinski definition) is 2. The molecule has 7 heteroatoms. The summed E-state index contributed by atoms with van der Waals surface area (Å²) in [4.78, 5) is 4.60. The van der Waals surface area contributed by atoms with Gasteiger partial charge in [0.2, 0.25) is 5.88 Å². The van der Waals surface area contributed by atoms with Gasteiger partial charge in [0.05, 0.1) is 18.4 Å². The molecule has 7 nitrogen and oxygen atoms in total. The van der Waals surface area contributed by atoms with E-state index in [2.05, 4.69) is 10.1 Å². The lowest BCUT2D eigenvalue weighted by atomic mass is 10.2. The van der Waals surface area contributed by atoms with E-state index in [-0.39, 0.29) is 0 Å². The SMILES string of the molecule is COc1c(-c2nc(C3CC3)n(N)c2N)c(C)nn1C. The molecule has 3 rings (SSSR count). The number of anilines is 1. The Morgan fingerprint density at radius 3 is 2.63 bits per heavy atom. The summed E-state index contributed by atoms with van der Waals surface area (Å²) >= 11 is 0. The first-order chi connectivity index (χ1) is 9.04. The normalized spacial score (nSPS) is 14.9. The van der Waals surface area contributed by atoms with Crippen LogP contribution in [-0.4, -0.2) is 26.6 Å². The maximum atomic E-state index is 6.09. The lowest BCUT2D eigenvalue weighted by Crippen LogP contribution is -2.14. The number of ether oxygens (including phenoxy) is 1. The maximum absolute atomic E-state index is 6.09. The second-order valence-electron chi connectivity index (χ2n) is 4.94. The van der Waals surface area contributed by atoms with E-state index in [1.807, 2.05) is 14.0 Å². The third kappa shape index (κ3) is 1.65. The Morgan fingerprint density at radius 1 is 1.37 bits per heavy atom. The van der Waals surface area contributed by atoms with Crippen LogP contribution in [0.25, 0.3) is 11.3 Å². The van der Waals surface area contributed by atoms with E-state index < -0.39 is 0 Å². The Bertz CT molecular complexity index is 637. The number of aromatic nitrogens is 4. The van der Waals surface area contributed by atoms with Gasteiger partial charge in [-0.2, -0.15) is 5.10 Å². The molecule has 0 radical (unpaired) electrons. The fourth-order valence-electron chi connectivity index (χ4n) is 2.42. The number of aryl methyl sites for hydroxylation is 2. The molecule has 1 saturated carbocycles. The summed E-state index contributed by atoms with van der Waals surface area (Å²) < 4.78 is 8.55. The molecular formula is C12H18N6O. The van der Waals surface area contributed by atoms with Crippen LogP contribution in [0.2, 0.25) is 0 Å². The molecule has 0 amide bonds. The average molecular weight is 262 g/mol. The smallest absolute Gasteiger partial charge is 0.221 e. The van der Waals surface area contributed by atoms with Gasteiger partial charge in [0.1, 0.15) is 11.5 Å². The van der Waals surface area contributed by atoms with Gasteiger partial charge in [0.15, 0.2) is 5.82 Å². The van der Waals surface area contributed by atoms with Crippen molar-refractivity contribution in [2.75, 3.05) is 18.7 Å². The van der Waals surface area contributed by atoms with Crippen molar-refractivity contribution >= 4 is 5.82 Å². The molecule has 2 aromatic heterocycles. The Balaban J connectivity index is 2.19. The van der Waals surface area contributed by atoms with E-state index >= 15 is 0 Å². The minimum Gasteiger partial charge on any atom is -0.481 e. The van der Waals surface area contributed by atoms with E-state index in [0.717, 1.165) is 29.9 Å². The largest absolute Gasteiger partial charge is 0.481 e. The quantitative estimate of drug-likeness (QED) is 0.796. The van der Waals surface area contributed by atoms with Crippen molar-refractivity contribution in [1.29, 1.82) is 0 Å². The number of nitrogens with zero attached hydrogens (tertiary/aromatic N) is 4. The molecule has 2 heterocycles. The molecule has 0 saturated heterocycles. The monoisotopic (exact) mass is 262 g/mol. The summed E-state index contributed by atoms with van der Waals surface area (Å²) in [5.41, 5.74) is 8.38. The van der Waals surface area contributed by atoms with Crippen molar-refractivity contribution in [3.05, 3.63) is 11.5 Å². The van der Waals surface area contributed by atoms with Gasteiger partial charge in [0, 0.05) is 13.0 Å². The van der Waals surface area contributed by atoms with E-state index in [1.54, 1.807) is 11.8 Å². The molecule has 4 N–H and O–H groups in total. The van der Waals surface area contributed by atoms with Gasteiger partial charge < -0.3 is 16.3 Å². The van der Waals surface area contributed by atoms with Gasteiger partial charge in [-0.1, -0.05) is 0 Å². The summed E-state index contributed by atoms with van der Waals surface area (Å²) in [6, 6.07) is 0. The standard InChI is InChI=1S/C12H18N6O/c1-6-8(12(19-3)17(2)16-6)9-10(13)18(14)11(15-9)7-4-5-7/h7H,4-5,13-14H2,1-3H3. The van der Waals surface area contributed by atoms with Crippen LogP contribution >= 0.6 is 0 Å². The van der Waals surface area contributed by atoms with Crippen LogP contribution in [0, 0.1) is 6.92 Å². The van der Waals surface area contributed by atoms with Crippen LogP contribution in [0.5, 0.6) is 5.88 Å². The summed E-state index contributed by atoms with van der Waals surface area (Å²) in [7, 11) is 3.43. The predicted octanol–water partition coefficient (Wildman–Crippen LogP) is 0.774. The minimum atomic E-state index is 0.434. The summed E-state index contributed by atoms with van der Waals surface area (Å²) in [6.07, 6.45) is 2.24. The Labute approximate surface area is 111 Å². The number of nitrogen functional groups attached to an aromatic ring is 2. The Morgan fingerprint density at radius 2 is 2.05 bits per heavy atom. The second kappa shape index (κ2) is 3.91. The highest BCUT2D eigenvalue weighted by molar-refractivity contribution is 5.77. The fraction of sp³-hybridized carbons (Fsp3) is 0.500. The zero-order chi connectivity index (χ0) is 13.7. The number of methoxy groups -OCH3 is 1. The van der Waals surface area contributed by atoms with Crippen molar-refractivity contribution < 1.29 is 4.74 Å². The minimum absolute atomic E-state index is 0.434. The summed E-state index contributed by atoms with van der Waals surface area (Å²) in [5, 5.41) is 4.34. The molecule has 2 aromatic rings. The third-order valence-electron chi connectivity index (χ3n) is 3.52. The van der Waals surface area contributed by atoms with Crippen LogP contribution in [0.3, 0.4) is 0 Å². The Hall–Kier alpha value is -2.18. The highest BCUT2D eigenvalue weighted by Gasteiger charge is 2.32. The van der Waals surface area contributed by atoms with Crippen LogP contribution in [0.1, 0.15) is 30.3 Å². The van der Waals surface area contributed by atoms with E-state index in [1.165, 1.54) is 4.68 Å². The van der Waals surface area contributed by atoms with E-state index in [9.17, 15) is 0 Å². The molecule has 0 bridgehead atoms. The maximum Gasteiger partial charge on any atom is 0.221 e. The average Bonchev–Trinajstić information content (AvgIpc) is 3.11. The topological polar surface area (TPSA) is 96.9 Å². The van der Waals surface area contributed by atoms with E-state index in [4.69, 9.17) is 16.3 Å². The molecular weight excluding hydrogens is 244 g/mol. The van der Waals surface area contributed by atoms with Crippen molar-refractivity contribution in [3.63, 3.8) is 0 Å². The first kappa shape index (κ1) is 11.9. The predicted molar refractivity (Wildman–Crippen MR) is 72.3 cm³/mol. The molecule has 0 spiro atoms. The van der Waals surface area contributed by atoms with Gasteiger partial charge in [-0.15, -0.1) is 0 Å². The van der Waals surface area contributed by atoms with Crippen molar-refractivity contribution in [2.45, 2.75) is 25.7 Å². The van der Waals surface area contributed by atoms with Gasteiger partial charge in [-0.3, -0.25) is 0 Å². The van der Waals surface area contributed by atoms with Crippen LogP contribution < -0.4 is 16.3 Å². The molecule has 0 atom stereocenters. The highest BCUT2D eigenvalue weighted by Crippen LogP contribution is 2.43. The number of imidazole rings is 1. The zero-order valence-corrected chi connectivity index (χ0v) is 11.3. The number of hydrogen-bond acceptors (Lipinski definition) is 5. The van der Waals surface area contributed by atoms with Crippen LogP contribution in [0.15, 0.2) is 0 Å². The summed E-state index contributed by atoms with van der Waals surface area (Å²) in [6.45, 7) is 1.91. The third-order valence-corrected chi connectivity index (χ3v) is 3.52. The van der Waals surface area contributed by atoms with Gasteiger partial charge in [-0.25, -0.2) is 14.3 Å². The molecule has 0 aliphatic heterocycles. The lowest BCUT2D eigenvalue weighted by molar-refractivity contribution is 0.374. The van der Waals surface area contributed by atoms with Crippen molar-refractivity contribution in [2.24, 2.45) is 7.05 Å². The fourth-order valence-corrected chi connectivity index (χ4v) is 2.42. The molecule has 102 valence electrons. The molecule has 0 unspecified atom stereocenters. The molecule has 0 aromatic carbocycles. The molecule has 1 fully saturated rings. The number of rotatable bonds is 3. The molecule has 1 aliphatic rings. The van der Waals surface area contributed by atoms with Gasteiger partial charge in [-0.05, 0) is 19.8 Å².